The second kappa shape index (κ2) is 6.68. The summed E-state index contributed by atoms with van der Waals surface area (Å²) in [5.74, 6) is -0.749. The lowest BCUT2D eigenvalue weighted by Crippen LogP contribution is -2.17. The Balaban J connectivity index is 2.50. The highest BCUT2D eigenvalue weighted by Crippen LogP contribution is 2.27. The van der Waals surface area contributed by atoms with Gasteiger partial charge in [0.05, 0.1) is 23.4 Å². The second-order valence-corrected chi connectivity index (χ2v) is 7.19. The molecule has 22 heavy (non-hydrogen) atoms. The molecule has 1 N–H and O–H groups in total. The van der Waals surface area contributed by atoms with Crippen LogP contribution in [0.2, 0.25) is 5.02 Å². The maximum absolute atomic E-state index is 12.5. The maximum Gasteiger partial charge on any atom is 0.339 e. The highest BCUT2D eigenvalue weighted by atomic mass is 79.9. The van der Waals surface area contributed by atoms with Gasteiger partial charge in [0, 0.05) is 4.47 Å². The van der Waals surface area contributed by atoms with Crippen molar-refractivity contribution in [2.45, 2.75) is 4.90 Å². The number of esters is 1. The molecule has 0 radical (unpaired) electrons. The molecule has 5 nitrogen and oxygen atoms in total. The van der Waals surface area contributed by atoms with Crippen LogP contribution in [0.3, 0.4) is 0 Å². The van der Waals surface area contributed by atoms with Gasteiger partial charge in [-0.1, -0.05) is 39.7 Å². The van der Waals surface area contributed by atoms with E-state index in [-0.39, 0.29) is 21.2 Å². The Labute approximate surface area is 141 Å². The first-order valence-corrected chi connectivity index (χ1v) is 8.66. The van der Waals surface area contributed by atoms with E-state index in [1.165, 1.54) is 31.4 Å². The molecule has 2 rings (SSSR count). The lowest BCUT2D eigenvalue weighted by atomic mass is 10.2. The van der Waals surface area contributed by atoms with Crippen LogP contribution in [0.4, 0.5) is 5.69 Å². The molecule has 0 heterocycles. The van der Waals surface area contributed by atoms with Gasteiger partial charge in [-0.25, -0.2) is 13.2 Å². The Bertz CT molecular complexity index is 823. The number of anilines is 1. The normalized spacial score (nSPS) is 11.0. The summed E-state index contributed by atoms with van der Waals surface area (Å²) in [7, 11) is -2.81. The molecule has 0 aliphatic heterocycles. The van der Waals surface area contributed by atoms with Crippen molar-refractivity contribution in [2.75, 3.05) is 11.8 Å². The van der Waals surface area contributed by atoms with Gasteiger partial charge in [0.2, 0.25) is 0 Å². The van der Waals surface area contributed by atoms with Crippen molar-refractivity contribution in [3.63, 3.8) is 0 Å². The highest BCUT2D eigenvalue weighted by Gasteiger charge is 2.24. The molecular formula is C14H11BrClNO4S. The topological polar surface area (TPSA) is 72.5 Å². The van der Waals surface area contributed by atoms with Crippen molar-refractivity contribution in [3.8, 4) is 0 Å². The van der Waals surface area contributed by atoms with Crippen molar-refractivity contribution < 1.29 is 17.9 Å². The van der Waals surface area contributed by atoms with Gasteiger partial charge in [0.15, 0.2) is 0 Å². The number of methoxy groups -OCH3 is 1. The number of rotatable bonds is 4. The minimum atomic E-state index is -3.99. The molecule has 0 atom stereocenters. The zero-order valence-electron chi connectivity index (χ0n) is 11.3. The third-order valence-corrected chi connectivity index (χ3v) is 5.00. The van der Waals surface area contributed by atoms with Crippen molar-refractivity contribution in [1.82, 2.24) is 0 Å². The van der Waals surface area contributed by atoms with Crippen LogP contribution in [0.15, 0.2) is 51.8 Å². The molecule has 0 fully saturated rings. The predicted molar refractivity (Wildman–Crippen MR) is 87.7 cm³/mol. The summed E-state index contributed by atoms with van der Waals surface area (Å²) in [5.41, 5.74) is 0.152. The third kappa shape index (κ3) is 3.60. The van der Waals surface area contributed by atoms with Crippen molar-refractivity contribution >= 4 is 49.2 Å². The number of hydrogen-bond donors (Lipinski definition) is 1. The second-order valence-electron chi connectivity index (χ2n) is 4.22. The Morgan fingerprint density at radius 3 is 2.55 bits per heavy atom. The smallest absolute Gasteiger partial charge is 0.339 e. The highest BCUT2D eigenvalue weighted by molar-refractivity contribution is 9.10. The molecule has 116 valence electrons. The fourth-order valence-electron chi connectivity index (χ4n) is 1.75. The minimum Gasteiger partial charge on any atom is -0.465 e. The first-order chi connectivity index (χ1) is 10.3. The van der Waals surface area contributed by atoms with E-state index in [9.17, 15) is 13.2 Å². The number of hydrogen-bond acceptors (Lipinski definition) is 4. The Hall–Kier alpha value is -1.57. The molecule has 2 aromatic rings. The summed E-state index contributed by atoms with van der Waals surface area (Å²) < 4.78 is 32.6. The lowest BCUT2D eigenvalue weighted by molar-refractivity contribution is 0.0596. The Morgan fingerprint density at radius 2 is 1.91 bits per heavy atom. The fraction of sp³-hybridized carbons (Fsp3) is 0.0714. The number of nitrogens with one attached hydrogen (secondary N) is 1. The van der Waals surface area contributed by atoms with Crippen LogP contribution in [-0.4, -0.2) is 21.5 Å². The molecule has 0 spiro atoms. The molecule has 0 aromatic heterocycles. The summed E-state index contributed by atoms with van der Waals surface area (Å²) >= 11 is 9.14. The molecule has 0 amide bonds. The van der Waals surface area contributed by atoms with Crippen molar-refractivity contribution in [2.24, 2.45) is 0 Å². The summed E-state index contributed by atoms with van der Waals surface area (Å²) in [6.07, 6.45) is 0. The van der Waals surface area contributed by atoms with Gasteiger partial charge in [-0.05, 0) is 30.3 Å². The van der Waals surface area contributed by atoms with E-state index in [1.54, 1.807) is 18.2 Å². The number of para-hydroxylation sites is 1. The molecule has 0 saturated carbocycles. The largest absolute Gasteiger partial charge is 0.465 e. The average Bonchev–Trinajstić information content (AvgIpc) is 2.48. The van der Waals surface area contributed by atoms with Gasteiger partial charge in [0.25, 0.3) is 10.0 Å². The Morgan fingerprint density at radius 1 is 1.23 bits per heavy atom. The number of benzene rings is 2. The van der Waals surface area contributed by atoms with Gasteiger partial charge in [0.1, 0.15) is 4.90 Å². The van der Waals surface area contributed by atoms with Crippen molar-refractivity contribution in [1.29, 1.82) is 0 Å². The van der Waals surface area contributed by atoms with E-state index in [4.69, 9.17) is 11.6 Å². The molecule has 0 unspecified atom stereocenters. The van der Waals surface area contributed by atoms with Crippen LogP contribution in [-0.2, 0) is 14.8 Å². The lowest BCUT2D eigenvalue weighted by Gasteiger charge is -2.12. The zero-order valence-corrected chi connectivity index (χ0v) is 14.5. The van der Waals surface area contributed by atoms with E-state index >= 15 is 0 Å². The summed E-state index contributed by atoms with van der Waals surface area (Å²) in [5, 5.41) is 0.253. The summed E-state index contributed by atoms with van der Waals surface area (Å²) in [4.78, 5) is 11.6. The van der Waals surface area contributed by atoms with E-state index in [0.717, 1.165) is 0 Å². The number of sulfonamides is 1. The van der Waals surface area contributed by atoms with Crippen LogP contribution in [0.5, 0.6) is 0 Å². The first-order valence-electron chi connectivity index (χ1n) is 6.00. The van der Waals surface area contributed by atoms with E-state index in [0.29, 0.717) is 4.47 Å². The first kappa shape index (κ1) is 16.8. The summed E-state index contributed by atoms with van der Waals surface area (Å²) in [6.45, 7) is 0. The monoisotopic (exact) mass is 403 g/mol. The van der Waals surface area contributed by atoms with Crippen LogP contribution in [0.25, 0.3) is 0 Å². The van der Waals surface area contributed by atoms with Gasteiger partial charge in [-0.2, -0.15) is 0 Å². The average molecular weight is 405 g/mol. The molecule has 2 aromatic carbocycles. The molecule has 0 aliphatic carbocycles. The standard InChI is InChI=1S/C14H11BrClNO4S/c1-21-14(18)10-8-9(15)6-7-13(10)22(19,20)17-12-5-3-2-4-11(12)16/h2-8,17H,1H3. The molecule has 8 heteroatoms. The summed E-state index contributed by atoms with van der Waals surface area (Å²) in [6, 6.07) is 10.6. The minimum absolute atomic E-state index is 0.0728. The molecule has 0 aliphatic rings. The quantitative estimate of drug-likeness (QED) is 0.789. The SMILES string of the molecule is COC(=O)c1cc(Br)ccc1S(=O)(=O)Nc1ccccc1Cl. The van der Waals surface area contributed by atoms with E-state index in [2.05, 4.69) is 25.4 Å². The molecular weight excluding hydrogens is 394 g/mol. The number of carbonyl (C=O) groups is 1. The van der Waals surface area contributed by atoms with Gasteiger partial charge in [-0.15, -0.1) is 0 Å². The zero-order chi connectivity index (χ0) is 16.3. The van der Waals surface area contributed by atoms with Crippen molar-refractivity contribution in [3.05, 3.63) is 57.5 Å². The van der Waals surface area contributed by atoms with E-state index < -0.39 is 16.0 Å². The number of halogens is 2. The van der Waals surface area contributed by atoms with Crippen LogP contribution in [0.1, 0.15) is 10.4 Å². The predicted octanol–water partition coefficient (Wildman–Crippen LogP) is 3.69. The van der Waals surface area contributed by atoms with Gasteiger partial charge < -0.3 is 4.74 Å². The number of ether oxygens (including phenoxy) is 1. The van der Waals surface area contributed by atoms with Gasteiger partial charge >= 0.3 is 5.97 Å². The van der Waals surface area contributed by atoms with E-state index in [1.807, 2.05) is 0 Å². The van der Waals surface area contributed by atoms with Crippen LogP contribution >= 0.6 is 27.5 Å². The maximum atomic E-state index is 12.5. The van der Waals surface area contributed by atoms with Gasteiger partial charge in [-0.3, -0.25) is 4.72 Å². The third-order valence-electron chi connectivity index (χ3n) is 2.75. The van der Waals surface area contributed by atoms with Crippen LogP contribution < -0.4 is 4.72 Å². The van der Waals surface area contributed by atoms with Crippen LogP contribution in [0, 0.1) is 0 Å². The molecule has 0 saturated heterocycles. The number of carbonyl (C=O) groups excluding carboxylic acids is 1. The fourth-order valence-corrected chi connectivity index (χ4v) is 3.61. The molecule has 0 bridgehead atoms. The Kier molecular flexibility index (Phi) is 5.10.